The SMILES string of the molecule is CCCCC1CN(c2ccccc2)c2cc(SC)c(-c3cccc(C#N)n3)cc2S(=O)(=O)N1C. The van der Waals surface area contributed by atoms with Gasteiger partial charge < -0.3 is 4.90 Å². The Morgan fingerprint density at radius 1 is 1.15 bits per heavy atom. The molecule has 2 aromatic carbocycles. The van der Waals surface area contributed by atoms with Gasteiger partial charge in [-0.05, 0) is 49.1 Å². The molecule has 8 heteroatoms. The van der Waals surface area contributed by atoms with Gasteiger partial charge in [-0.2, -0.15) is 9.57 Å². The van der Waals surface area contributed by atoms with Crippen molar-refractivity contribution in [3.8, 4) is 17.3 Å². The summed E-state index contributed by atoms with van der Waals surface area (Å²) in [5, 5.41) is 9.32. The molecule has 1 unspecified atom stereocenters. The van der Waals surface area contributed by atoms with E-state index in [1.807, 2.05) is 48.7 Å². The second kappa shape index (κ2) is 10.2. The van der Waals surface area contributed by atoms with Gasteiger partial charge in [-0.3, -0.25) is 0 Å². The third kappa shape index (κ3) is 4.56. The number of likely N-dealkylation sites (N-methyl/N-ethyl adjacent to an activating group) is 1. The van der Waals surface area contributed by atoms with Crippen molar-refractivity contribution in [2.45, 2.75) is 42.0 Å². The van der Waals surface area contributed by atoms with Crippen LogP contribution in [0, 0.1) is 11.3 Å². The van der Waals surface area contributed by atoms with E-state index in [1.165, 1.54) is 16.1 Å². The summed E-state index contributed by atoms with van der Waals surface area (Å²) < 4.78 is 29.3. The van der Waals surface area contributed by atoms with Crippen molar-refractivity contribution < 1.29 is 8.42 Å². The van der Waals surface area contributed by atoms with Crippen molar-refractivity contribution >= 4 is 33.2 Å². The van der Waals surface area contributed by atoms with Crippen molar-refractivity contribution in [2.24, 2.45) is 0 Å². The van der Waals surface area contributed by atoms with Crippen LogP contribution in [0.1, 0.15) is 31.9 Å². The maximum absolute atomic E-state index is 13.9. The van der Waals surface area contributed by atoms with Crippen LogP contribution in [-0.4, -0.2) is 43.6 Å². The van der Waals surface area contributed by atoms with E-state index in [4.69, 9.17) is 0 Å². The number of sulfonamides is 1. The van der Waals surface area contributed by atoms with Crippen molar-refractivity contribution in [2.75, 3.05) is 24.7 Å². The predicted octanol–water partition coefficient (Wildman–Crippen LogP) is 5.67. The van der Waals surface area contributed by atoms with Crippen LogP contribution < -0.4 is 4.90 Å². The molecule has 2 heterocycles. The Labute approximate surface area is 206 Å². The van der Waals surface area contributed by atoms with Gasteiger partial charge in [-0.15, -0.1) is 11.8 Å². The van der Waals surface area contributed by atoms with Crippen LogP contribution in [-0.2, 0) is 10.0 Å². The van der Waals surface area contributed by atoms with Gasteiger partial charge in [0.25, 0.3) is 0 Å². The lowest BCUT2D eigenvalue weighted by molar-refractivity contribution is 0.351. The Bertz CT molecular complexity index is 1320. The fourth-order valence-electron chi connectivity index (χ4n) is 4.32. The van der Waals surface area contributed by atoms with E-state index < -0.39 is 10.0 Å². The quantitative estimate of drug-likeness (QED) is 0.413. The molecule has 0 saturated heterocycles. The number of anilines is 2. The number of thioether (sulfide) groups is 1. The van der Waals surface area contributed by atoms with Crippen LogP contribution in [0.2, 0.25) is 0 Å². The standard InChI is InChI=1S/C26H28N4O2S2/c1-4-5-11-21-18-30(20-12-7-6-8-13-20)24-16-25(33-3)22(15-26(24)34(31,32)29(21)2)23-14-9-10-19(17-27)28-23/h6-10,12-16,21H,4-5,11,18H2,1-3H3. The number of hydrogen-bond acceptors (Lipinski definition) is 6. The predicted molar refractivity (Wildman–Crippen MR) is 138 cm³/mol. The molecule has 0 aliphatic carbocycles. The molecule has 1 aromatic heterocycles. The fraction of sp³-hybridized carbons (Fsp3) is 0.308. The van der Waals surface area contributed by atoms with E-state index in [-0.39, 0.29) is 10.9 Å². The minimum atomic E-state index is -3.76. The second-order valence-electron chi connectivity index (χ2n) is 8.30. The summed E-state index contributed by atoms with van der Waals surface area (Å²) in [7, 11) is -2.07. The molecule has 3 aromatic rings. The Morgan fingerprint density at radius 2 is 1.91 bits per heavy atom. The fourth-order valence-corrected chi connectivity index (χ4v) is 6.51. The second-order valence-corrected chi connectivity index (χ2v) is 11.1. The van der Waals surface area contributed by atoms with Crippen molar-refractivity contribution in [1.82, 2.24) is 9.29 Å². The molecular weight excluding hydrogens is 464 g/mol. The molecule has 176 valence electrons. The molecular formula is C26H28N4O2S2. The Morgan fingerprint density at radius 3 is 2.59 bits per heavy atom. The number of nitriles is 1. The largest absolute Gasteiger partial charge is 0.339 e. The molecule has 1 atom stereocenters. The molecule has 0 N–H and O–H groups in total. The Balaban J connectivity index is 1.97. The van der Waals surface area contributed by atoms with Crippen LogP contribution in [0.15, 0.2) is 70.5 Å². The average molecular weight is 493 g/mol. The van der Waals surface area contributed by atoms with Gasteiger partial charge >= 0.3 is 0 Å². The van der Waals surface area contributed by atoms with Crippen molar-refractivity contribution in [3.63, 3.8) is 0 Å². The molecule has 0 fully saturated rings. The zero-order valence-corrected chi connectivity index (χ0v) is 21.2. The first-order valence-corrected chi connectivity index (χ1v) is 14.0. The molecule has 0 spiro atoms. The highest BCUT2D eigenvalue weighted by molar-refractivity contribution is 7.98. The van der Waals surface area contributed by atoms with Gasteiger partial charge in [0.15, 0.2) is 0 Å². The third-order valence-corrected chi connectivity index (χ3v) is 8.95. The van der Waals surface area contributed by atoms with Crippen molar-refractivity contribution in [1.29, 1.82) is 5.26 Å². The number of fused-ring (bicyclic) bond motifs is 1. The lowest BCUT2D eigenvalue weighted by Gasteiger charge is -2.29. The van der Waals surface area contributed by atoms with Crippen LogP contribution in [0.4, 0.5) is 11.4 Å². The summed E-state index contributed by atoms with van der Waals surface area (Å²) in [5.74, 6) is 0. The van der Waals surface area contributed by atoms with E-state index in [0.717, 1.165) is 29.8 Å². The molecule has 34 heavy (non-hydrogen) atoms. The van der Waals surface area contributed by atoms with Crippen LogP contribution in [0.25, 0.3) is 11.3 Å². The summed E-state index contributed by atoms with van der Waals surface area (Å²) in [4.78, 5) is 7.74. The zero-order valence-electron chi connectivity index (χ0n) is 19.6. The number of benzene rings is 2. The van der Waals surface area contributed by atoms with Gasteiger partial charge in [-0.1, -0.05) is 44.0 Å². The summed E-state index contributed by atoms with van der Waals surface area (Å²) in [6.45, 7) is 2.69. The first kappa shape index (κ1) is 24.3. The Kier molecular flexibility index (Phi) is 7.27. The normalized spacial score (nSPS) is 17.6. The monoisotopic (exact) mass is 492 g/mol. The smallest absolute Gasteiger partial charge is 0.245 e. The average Bonchev–Trinajstić information content (AvgIpc) is 2.95. The first-order valence-electron chi connectivity index (χ1n) is 11.3. The van der Waals surface area contributed by atoms with Crippen LogP contribution in [0.5, 0.6) is 0 Å². The molecule has 0 saturated carbocycles. The lowest BCUT2D eigenvalue weighted by atomic mass is 10.1. The zero-order chi connectivity index (χ0) is 24.3. The number of pyridine rings is 1. The number of rotatable bonds is 6. The number of nitrogens with zero attached hydrogens (tertiary/aromatic N) is 4. The van der Waals surface area contributed by atoms with E-state index >= 15 is 0 Å². The number of para-hydroxylation sites is 1. The maximum atomic E-state index is 13.9. The minimum absolute atomic E-state index is 0.154. The molecule has 6 nitrogen and oxygen atoms in total. The van der Waals surface area contributed by atoms with Gasteiger partial charge in [0.1, 0.15) is 16.7 Å². The minimum Gasteiger partial charge on any atom is -0.339 e. The molecule has 0 amide bonds. The highest BCUT2D eigenvalue weighted by Gasteiger charge is 2.37. The first-order chi connectivity index (χ1) is 16.4. The van der Waals surface area contributed by atoms with E-state index in [2.05, 4.69) is 22.9 Å². The van der Waals surface area contributed by atoms with Gasteiger partial charge in [-0.25, -0.2) is 13.4 Å². The summed E-state index contributed by atoms with van der Waals surface area (Å²) in [6.07, 6.45) is 4.71. The summed E-state index contributed by atoms with van der Waals surface area (Å²) in [6, 6.07) is 20.8. The van der Waals surface area contributed by atoms with Crippen molar-refractivity contribution in [3.05, 3.63) is 66.4 Å². The maximum Gasteiger partial charge on any atom is 0.245 e. The van der Waals surface area contributed by atoms with Crippen LogP contribution >= 0.6 is 11.8 Å². The molecule has 0 bridgehead atoms. The highest BCUT2D eigenvalue weighted by atomic mass is 32.2. The summed E-state index contributed by atoms with van der Waals surface area (Å²) >= 11 is 1.54. The molecule has 4 rings (SSSR count). The number of unbranched alkanes of at least 4 members (excludes halogenated alkanes) is 1. The molecule has 0 radical (unpaired) electrons. The van der Waals surface area contributed by atoms with E-state index in [1.54, 1.807) is 25.2 Å². The van der Waals surface area contributed by atoms with Gasteiger partial charge in [0, 0.05) is 35.8 Å². The van der Waals surface area contributed by atoms with Gasteiger partial charge in [0.05, 0.1) is 11.4 Å². The Hall–Kier alpha value is -2.86. The summed E-state index contributed by atoms with van der Waals surface area (Å²) in [5.41, 5.74) is 3.22. The number of aromatic nitrogens is 1. The topological polar surface area (TPSA) is 77.3 Å². The lowest BCUT2D eigenvalue weighted by Crippen LogP contribution is -2.40. The van der Waals surface area contributed by atoms with E-state index in [9.17, 15) is 13.7 Å². The number of hydrogen-bond donors (Lipinski definition) is 0. The van der Waals surface area contributed by atoms with Crippen LogP contribution in [0.3, 0.4) is 0 Å². The highest BCUT2D eigenvalue weighted by Crippen LogP contribution is 2.43. The molecule has 1 aliphatic rings. The molecule has 1 aliphatic heterocycles. The third-order valence-electron chi connectivity index (χ3n) is 6.23. The van der Waals surface area contributed by atoms with E-state index in [0.29, 0.717) is 29.2 Å². The van der Waals surface area contributed by atoms with Gasteiger partial charge in [0.2, 0.25) is 10.0 Å².